The molecule has 0 amide bonds. The Morgan fingerprint density at radius 3 is 2.80 bits per heavy atom. The van der Waals surface area contributed by atoms with E-state index >= 15 is 0 Å². The molecule has 2 N–H and O–H groups in total. The minimum Gasteiger partial charge on any atom is -0.462 e. The highest BCUT2D eigenvalue weighted by molar-refractivity contribution is 7.89. The fourth-order valence-corrected chi connectivity index (χ4v) is 5.31. The van der Waals surface area contributed by atoms with E-state index in [-0.39, 0.29) is 41.6 Å². The summed E-state index contributed by atoms with van der Waals surface area (Å²) in [6, 6.07) is 6.29. The van der Waals surface area contributed by atoms with Crippen LogP contribution in [0.5, 0.6) is 0 Å². The lowest BCUT2D eigenvalue weighted by atomic mass is 10.1. The maximum absolute atomic E-state index is 13.3. The predicted octanol–water partition coefficient (Wildman–Crippen LogP) is 2.25. The van der Waals surface area contributed by atoms with Gasteiger partial charge >= 0.3 is 5.97 Å². The number of carbonyl (C=O) groups excluding carboxylic acids is 1. The summed E-state index contributed by atoms with van der Waals surface area (Å²) in [4.78, 5) is 30.3. The molecule has 0 saturated heterocycles. The quantitative estimate of drug-likeness (QED) is 0.554. The molecular formula is C20H20N4O5S. The molecule has 3 aromatic rings. The van der Waals surface area contributed by atoms with Crippen molar-refractivity contribution < 1.29 is 17.9 Å². The molecule has 1 aliphatic rings. The molecule has 0 unspecified atom stereocenters. The molecule has 2 aromatic heterocycles. The molecule has 0 spiro atoms. The average molecular weight is 428 g/mol. The number of rotatable bonds is 7. The third kappa shape index (κ3) is 3.36. The zero-order valence-electron chi connectivity index (χ0n) is 16.3. The van der Waals surface area contributed by atoms with Crippen LogP contribution >= 0.6 is 0 Å². The number of hydrogen-bond donors (Lipinski definition) is 2. The number of fused-ring (bicyclic) bond motifs is 3. The largest absolute Gasteiger partial charge is 0.462 e. The van der Waals surface area contributed by atoms with E-state index in [1.54, 1.807) is 6.92 Å². The highest BCUT2D eigenvalue weighted by Crippen LogP contribution is 2.34. The Bertz CT molecular complexity index is 1350. The highest BCUT2D eigenvalue weighted by Gasteiger charge is 2.37. The molecule has 10 heteroatoms. The third-order valence-electron chi connectivity index (χ3n) is 5.12. The lowest BCUT2D eigenvalue weighted by molar-refractivity contribution is 0.0529. The Morgan fingerprint density at radius 2 is 2.13 bits per heavy atom. The minimum absolute atomic E-state index is 0.0456. The van der Waals surface area contributed by atoms with Crippen LogP contribution < -0.4 is 5.56 Å². The van der Waals surface area contributed by atoms with Crippen molar-refractivity contribution in [3.8, 4) is 6.07 Å². The van der Waals surface area contributed by atoms with E-state index < -0.39 is 21.6 Å². The van der Waals surface area contributed by atoms with Crippen molar-refractivity contribution in [3.05, 3.63) is 40.3 Å². The summed E-state index contributed by atoms with van der Waals surface area (Å²) in [5, 5.41) is 9.63. The van der Waals surface area contributed by atoms with Gasteiger partial charge in [-0.05, 0) is 38.0 Å². The second-order valence-corrected chi connectivity index (χ2v) is 8.98. The van der Waals surface area contributed by atoms with E-state index in [1.165, 1.54) is 28.7 Å². The molecule has 0 radical (unpaired) electrons. The number of carbonyl (C=O) groups is 1. The van der Waals surface area contributed by atoms with E-state index in [1.807, 2.05) is 6.07 Å². The van der Waals surface area contributed by atoms with E-state index in [0.29, 0.717) is 16.3 Å². The number of aromatic nitrogens is 2. The number of nitriles is 1. The molecule has 1 aromatic carbocycles. The van der Waals surface area contributed by atoms with Crippen molar-refractivity contribution in [1.29, 1.82) is 5.26 Å². The van der Waals surface area contributed by atoms with Gasteiger partial charge < -0.3 is 14.7 Å². The number of pyridine rings is 1. The van der Waals surface area contributed by atoms with Gasteiger partial charge in [-0.2, -0.15) is 9.57 Å². The molecular weight excluding hydrogens is 408 g/mol. The molecule has 2 heterocycles. The van der Waals surface area contributed by atoms with Crippen molar-refractivity contribution in [2.24, 2.45) is 0 Å². The Hall–Kier alpha value is -3.16. The molecule has 0 aliphatic heterocycles. The smallest absolute Gasteiger partial charge is 0.340 e. The first-order valence-electron chi connectivity index (χ1n) is 9.61. The Labute approximate surface area is 172 Å². The predicted molar refractivity (Wildman–Crippen MR) is 110 cm³/mol. The maximum Gasteiger partial charge on any atom is 0.340 e. The SMILES string of the molecule is CCOC(=O)c1c[nH]c2c(=O)[nH]c3ccc(S(=O)(=O)N(CCC#N)C4CC4)cc3c12. The monoisotopic (exact) mass is 428 g/mol. The number of nitrogens with zero attached hydrogens (tertiary/aromatic N) is 2. The summed E-state index contributed by atoms with van der Waals surface area (Å²) in [6.45, 7) is 1.97. The molecule has 0 atom stereocenters. The molecule has 1 saturated carbocycles. The number of ether oxygens (including phenoxy) is 1. The maximum atomic E-state index is 13.3. The lowest BCUT2D eigenvalue weighted by Gasteiger charge is -2.21. The van der Waals surface area contributed by atoms with Crippen molar-refractivity contribution in [2.45, 2.75) is 37.1 Å². The van der Waals surface area contributed by atoms with E-state index in [0.717, 1.165) is 12.8 Å². The van der Waals surface area contributed by atoms with Crippen LogP contribution in [0.2, 0.25) is 0 Å². The Kier molecular flexibility index (Phi) is 5.09. The number of benzene rings is 1. The standard InChI is InChI=1S/C20H20N4O5S/c1-2-29-20(26)15-11-22-18-17(15)14-10-13(6-7-16(14)23-19(18)25)30(27,28)24(9-3-8-21)12-4-5-12/h6-7,10-12,22H,2-5,9H2,1H3,(H,23,25). The lowest BCUT2D eigenvalue weighted by Crippen LogP contribution is -2.34. The van der Waals surface area contributed by atoms with Crippen molar-refractivity contribution >= 4 is 37.8 Å². The minimum atomic E-state index is -3.84. The van der Waals surface area contributed by atoms with E-state index in [4.69, 9.17) is 10.00 Å². The molecule has 0 bridgehead atoms. The van der Waals surface area contributed by atoms with Crippen LogP contribution in [0.15, 0.2) is 34.1 Å². The van der Waals surface area contributed by atoms with Gasteiger partial charge in [0.1, 0.15) is 5.52 Å². The first-order valence-corrected chi connectivity index (χ1v) is 11.1. The van der Waals surface area contributed by atoms with Gasteiger partial charge in [-0.1, -0.05) is 0 Å². The van der Waals surface area contributed by atoms with Crippen LogP contribution in [-0.2, 0) is 14.8 Å². The second kappa shape index (κ2) is 7.59. The van der Waals surface area contributed by atoms with Gasteiger partial charge in [0.25, 0.3) is 5.56 Å². The van der Waals surface area contributed by atoms with Crippen molar-refractivity contribution in [2.75, 3.05) is 13.2 Å². The van der Waals surface area contributed by atoms with Gasteiger partial charge in [0.2, 0.25) is 10.0 Å². The summed E-state index contributed by atoms with van der Waals surface area (Å²) in [6.07, 6.45) is 3.02. The number of H-pyrrole nitrogens is 2. The molecule has 1 aliphatic carbocycles. The van der Waals surface area contributed by atoms with Crippen LogP contribution in [0, 0.1) is 11.3 Å². The summed E-state index contributed by atoms with van der Waals surface area (Å²) in [5.41, 5.74) is 0.327. The Morgan fingerprint density at radius 1 is 1.37 bits per heavy atom. The normalized spacial score (nSPS) is 14.3. The summed E-state index contributed by atoms with van der Waals surface area (Å²) in [5.74, 6) is -0.600. The van der Waals surface area contributed by atoms with Gasteiger partial charge in [-0.3, -0.25) is 4.79 Å². The molecule has 30 heavy (non-hydrogen) atoms. The van der Waals surface area contributed by atoms with Gasteiger partial charge in [0, 0.05) is 41.5 Å². The first-order chi connectivity index (χ1) is 14.4. The number of aromatic amines is 2. The summed E-state index contributed by atoms with van der Waals surface area (Å²) in [7, 11) is -3.84. The van der Waals surface area contributed by atoms with Crippen LogP contribution in [0.4, 0.5) is 0 Å². The van der Waals surface area contributed by atoms with Crippen molar-refractivity contribution in [1.82, 2.24) is 14.3 Å². The van der Waals surface area contributed by atoms with Gasteiger partial charge in [-0.15, -0.1) is 0 Å². The van der Waals surface area contributed by atoms with E-state index in [9.17, 15) is 18.0 Å². The van der Waals surface area contributed by atoms with Crippen LogP contribution in [0.1, 0.15) is 36.5 Å². The topological polar surface area (TPSA) is 136 Å². The number of nitrogens with one attached hydrogen (secondary N) is 2. The second-order valence-electron chi connectivity index (χ2n) is 7.09. The first kappa shape index (κ1) is 20.1. The third-order valence-corrected chi connectivity index (χ3v) is 7.06. The molecule has 4 rings (SSSR count). The van der Waals surface area contributed by atoms with Crippen LogP contribution in [-0.4, -0.2) is 47.9 Å². The van der Waals surface area contributed by atoms with Gasteiger partial charge in [0.05, 0.1) is 23.1 Å². The zero-order valence-corrected chi connectivity index (χ0v) is 17.1. The number of hydrogen-bond acceptors (Lipinski definition) is 6. The zero-order chi connectivity index (χ0) is 21.5. The van der Waals surface area contributed by atoms with Crippen molar-refractivity contribution in [3.63, 3.8) is 0 Å². The average Bonchev–Trinajstić information content (AvgIpc) is 3.44. The van der Waals surface area contributed by atoms with Crippen LogP contribution in [0.25, 0.3) is 21.8 Å². The molecule has 156 valence electrons. The van der Waals surface area contributed by atoms with E-state index in [2.05, 4.69) is 9.97 Å². The fraction of sp³-hybridized carbons (Fsp3) is 0.350. The molecule has 1 fully saturated rings. The fourth-order valence-electron chi connectivity index (χ4n) is 3.59. The van der Waals surface area contributed by atoms with Crippen LogP contribution in [0.3, 0.4) is 0 Å². The van der Waals surface area contributed by atoms with Gasteiger partial charge in [0.15, 0.2) is 0 Å². The Balaban J connectivity index is 1.91. The number of sulfonamides is 1. The number of esters is 1. The van der Waals surface area contributed by atoms with Gasteiger partial charge in [-0.25, -0.2) is 13.2 Å². The summed E-state index contributed by atoms with van der Waals surface area (Å²) >= 11 is 0. The highest BCUT2D eigenvalue weighted by atomic mass is 32.2. The summed E-state index contributed by atoms with van der Waals surface area (Å²) < 4.78 is 33.0. The molecule has 9 nitrogen and oxygen atoms in total.